The minimum absolute atomic E-state index is 0.0731. The number of sulfonamides is 1. The van der Waals surface area contributed by atoms with Crippen LogP contribution < -0.4 is 5.32 Å². The third-order valence-electron chi connectivity index (χ3n) is 6.12. The van der Waals surface area contributed by atoms with Crippen molar-refractivity contribution in [3.05, 3.63) is 29.3 Å². The molecule has 1 aromatic rings. The number of amides is 1. The van der Waals surface area contributed by atoms with Crippen LogP contribution in [-0.4, -0.2) is 62.8 Å². The molecule has 2 aliphatic heterocycles. The van der Waals surface area contributed by atoms with E-state index in [4.69, 9.17) is 0 Å². The van der Waals surface area contributed by atoms with E-state index in [1.807, 2.05) is 31.9 Å². The molecule has 0 saturated carbocycles. The maximum atomic E-state index is 12.9. The van der Waals surface area contributed by atoms with Crippen molar-refractivity contribution >= 4 is 15.9 Å². The number of aryl methyl sites for hydroxylation is 2. The molecule has 0 bridgehead atoms. The zero-order valence-electron chi connectivity index (χ0n) is 16.6. The Morgan fingerprint density at radius 3 is 2.30 bits per heavy atom. The monoisotopic (exact) mass is 393 g/mol. The van der Waals surface area contributed by atoms with E-state index >= 15 is 0 Å². The van der Waals surface area contributed by atoms with Crippen molar-refractivity contribution in [3.63, 3.8) is 0 Å². The lowest BCUT2D eigenvalue weighted by molar-refractivity contribution is -0.138. The summed E-state index contributed by atoms with van der Waals surface area (Å²) in [5, 5.41) is 3.32. The van der Waals surface area contributed by atoms with Gasteiger partial charge in [-0.15, -0.1) is 0 Å². The normalized spacial score (nSPS) is 20.6. The van der Waals surface area contributed by atoms with Crippen LogP contribution in [0.4, 0.5) is 0 Å². The highest BCUT2D eigenvalue weighted by molar-refractivity contribution is 7.89. The van der Waals surface area contributed by atoms with Crippen molar-refractivity contribution in [1.29, 1.82) is 0 Å². The number of benzene rings is 1. The minimum atomic E-state index is -3.49. The standard InChI is InChI=1S/C20H31N3O3S/c1-15-4-5-19(14-16(15)2)27(25,26)23-12-8-17(9-13-23)20(24)22(3)18-6-10-21-11-7-18/h4-5,14,17-18,21H,6-13H2,1-3H3. The van der Waals surface area contributed by atoms with E-state index in [-0.39, 0.29) is 11.8 Å². The Balaban J connectivity index is 1.62. The Labute approximate surface area is 163 Å². The van der Waals surface area contributed by atoms with Crippen LogP contribution >= 0.6 is 0 Å². The van der Waals surface area contributed by atoms with Crippen molar-refractivity contribution in [2.75, 3.05) is 33.2 Å². The van der Waals surface area contributed by atoms with Crippen LogP contribution in [0, 0.1) is 19.8 Å². The Morgan fingerprint density at radius 1 is 1.07 bits per heavy atom. The van der Waals surface area contributed by atoms with Crippen molar-refractivity contribution in [3.8, 4) is 0 Å². The lowest BCUT2D eigenvalue weighted by Gasteiger charge is -2.36. The molecule has 2 heterocycles. The second-order valence-electron chi connectivity index (χ2n) is 7.85. The SMILES string of the molecule is Cc1ccc(S(=O)(=O)N2CCC(C(=O)N(C)C3CCNCC3)CC2)cc1C. The summed E-state index contributed by atoms with van der Waals surface area (Å²) >= 11 is 0. The molecule has 1 aromatic carbocycles. The molecule has 27 heavy (non-hydrogen) atoms. The zero-order valence-corrected chi connectivity index (χ0v) is 17.4. The number of nitrogens with one attached hydrogen (secondary N) is 1. The fourth-order valence-corrected chi connectivity index (χ4v) is 5.58. The molecule has 7 heteroatoms. The first-order valence-corrected chi connectivity index (χ1v) is 11.3. The van der Waals surface area contributed by atoms with E-state index in [1.54, 1.807) is 12.1 Å². The van der Waals surface area contributed by atoms with Gasteiger partial charge in [-0.05, 0) is 75.9 Å². The van der Waals surface area contributed by atoms with Gasteiger partial charge in [0.05, 0.1) is 4.90 Å². The highest BCUT2D eigenvalue weighted by Gasteiger charge is 2.34. The molecule has 0 unspecified atom stereocenters. The Morgan fingerprint density at radius 2 is 1.70 bits per heavy atom. The van der Waals surface area contributed by atoms with Gasteiger partial charge in [0, 0.05) is 32.1 Å². The zero-order chi connectivity index (χ0) is 19.6. The largest absolute Gasteiger partial charge is 0.342 e. The maximum absolute atomic E-state index is 12.9. The summed E-state index contributed by atoms with van der Waals surface area (Å²) < 4.78 is 27.4. The number of hydrogen-bond donors (Lipinski definition) is 1. The Hall–Kier alpha value is -1.44. The number of carbonyl (C=O) groups is 1. The summed E-state index contributed by atoms with van der Waals surface area (Å²) in [4.78, 5) is 15.1. The van der Waals surface area contributed by atoms with Gasteiger partial charge in [-0.2, -0.15) is 4.31 Å². The van der Waals surface area contributed by atoms with Crippen LogP contribution in [0.1, 0.15) is 36.8 Å². The molecule has 6 nitrogen and oxygen atoms in total. The van der Waals surface area contributed by atoms with Crippen LogP contribution in [-0.2, 0) is 14.8 Å². The predicted octanol–water partition coefficient (Wildman–Crippen LogP) is 1.91. The van der Waals surface area contributed by atoms with Gasteiger partial charge < -0.3 is 10.2 Å². The molecule has 0 aromatic heterocycles. The smallest absolute Gasteiger partial charge is 0.243 e. The van der Waals surface area contributed by atoms with Gasteiger partial charge in [0.2, 0.25) is 15.9 Å². The highest BCUT2D eigenvalue weighted by Crippen LogP contribution is 2.27. The van der Waals surface area contributed by atoms with Gasteiger partial charge in [0.25, 0.3) is 0 Å². The van der Waals surface area contributed by atoms with Gasteiger partial charge in [0.15, 0.2) is 0 Å². The quantitative estimate of drug-likeness (QED) is 0.848. The molecule has 2 aliphatic rings. The first-order chi connectivity index (χ1) is 12.8. The average molecular weight is 394 g/mol. The minimum Gasteiger partial charge on any atom is -0.342 e. The van der Waals surface area contributed by atoms with Gasteiger partial charge in [-0.3, -0.25) is 4.79 Å². The molecule has 2 saturated heterocycles. The van der Waals surface area contributed by atoms with Crippen molar-refractivity contribution < 1.29 is 13.2 Å². The van der Waals surface area contributed by atoms with Crippen LogP contribution in [0.3, 0.4) is 0 Å². The van der Waals surface area contributed by atoms with E-state index in [0.717, 1.165) is 37.1 Å². The van der Waals surface area contributed by atoms with Crippen LogP contribution in [0.15, 0.2) is 23.1 Å². The van der Waals surface area contributed by atoms with Gasteiger partial charge in [-0.1, -0.05) is 6.07 Å². The van der Waals surface area contributed by atoms with Crippen LogP contribution in [0.25, 0.3) is 0 Å². The molecule has 3 rings (SSSR count). The Kier molecular flexibility index (Phi) is 6.23. The first kappa shape index (κ1) is 20.3. The Bertz CT molecular complexity index is 780. The lowest BCUT2D eigenvalue weighted by atomic mass is 9.95. The van der Waals surface area contributed by atoms with Gasteiger partial charge >= 0.3 is 0 Å². The lowest BCUT2D eigenvalue weighted by Crippen LogP contribution is -2.48. The molecular weight excluding hydrogens is 362 g/mol. The molecule has 150 valence electrons. The van der Waals surface area contributed by atoms with E-state index in [0.29, 0.717) is 36.9 Å². The fourth-order valence-electron chi connectivity index (χ4n) is 4.03. The summed E-state index contributed by atoms with van der Waals surface area (Å²) in [5.74, 6) is 0.0983. The number of carbonyl (C=O) groups excluding carboxylic acids is 1. The molecule has 0 spiro atoms. The summed E-state index contributed by atoms with van der Waals surface area (Å²) in [6, 6.07) is 5.58. The van der Waals surface area contributed by atoms with Gasteiger partial charge in [-0.25, -0.2) is 8.42 Å². The third kappa shape index (κ3) is 4.36. The number of hydrogen-bond acceptors (Lipinski definition) is 4. The molecule has 0 radical (unpaired) electrons. The molecular formula is C20H31N3O3S. The molecule has 1 amide bonds. The summed E-state index contributed by atoms with van der Waals surface area (Å²) in [6.07, 6.45) is 3.17. The molecule has 0 atom stereocenters. The molecule has 1 N–H and O–H groups in total. The second-order valence-corrected chi connectivity index (χ2v) is 9.79. The van der Waals surface area contributed by atoms with E-state index in [2.05, 4.69) is 5.32 Å². The van der Waals surface area contributed by atoms with E-state index < -0.39 is 10.0 Å². The summed E-state index contributed by atoms with van der Waals surface area (Å²) in [7, 11) is -1.59. The van der Waals surface area contributed by atoms with Crippen molar-refractivity contribution in [2.45, 2.75) is 50.5 Å². The fraction of sp³-hybridized carbons (Fsp3) is 0.650. The summed E-state index contributed by atoms with van der Waals surface area (Å²) in [5.41, 5.74) is 2.06. The van der Waals surface area contributed by atoms with Crippen molar-refractivity contribution in [2.24, 2.45) is 5.92 Å². The van der Waals surface area contributed by atoms with Crippen molar-refractivity contribution in [1.82, 2.24) is 14.5 Å². The van der Waals surface area contributed by atoms with E-state index in [9.17, 15) is 13.2 Å². The third-order valence-corrected chi connectivity index (χ3v) is 8.02. The second kappa shape index (κ2) is 8.29. The number of piperidine rings is 2. The maximum Gasteiger partial charge on any atom is 0.243 e. The number of nitrogens with zero attached hydrogens (tertiary/aromatic N) is 2. The molecule has 0 aliphatic carbocycles. The van der Waals surface area contributed by atoms with Crippen LogP contribution in [0.5, 0.6) is 0 Å². The topological polar surface area (TPSA) is 69.7 Å². The van der Waals surface area contributed by atoms with Gasteiger partial charge in [0.1, 0.15) is 0 Å². The van der Waals surface area contributed by atoms with E-state index in [1.165, 1.54) is 4.31 Å². The highest BCUT2D eigenvalue weighted by atomic mass is 32.2. The number of rotatable bonds is 4. The predicted molar refractivity (Wildman–Crippen MR) is 106 cm³/mol. The molecule has 2 fully saturated rings. The average Bonchev–Trinajstić information content (AvgIpc) is 2.69. The summed E-state index contributed by atoms with van der Waals surface area (Å²) in [6.45, 7) is 6.62. The first-order valence-electron chi connectivity index (χ1n) is 9.85. The van der Waals surface area contributed by atoms with Crippen LogP contribution in [0.2, 0.25) is 0 Å².